The van der Waals surface area contributed by atoms with Gasteiger partial charge in [0.1, 0.15) is 0 Å². The van der Waals surface area contributed by atoms with Crippen LogP contribution in [0.25, 0.3) is 0 Å². The fourth-order valence-corrected chi connectivity index (χ4v) is 3.97. The van der Waals surface area contributed by atoms with Crippen molar-refractivity contribution in [3.8, 4) is 0 Å². The Morgan fingerprint density at radius 1 is 1.26 bits per heavy atom. The molecule has 7 heteroatoms. The molecule has 1 aromatic carbocycles. The Labute approximate surface area is 137 Å². The first-order valence-corrected chi connectivity index (χ1v) is 9.59. The molecule has 0 radical (unpaired) electrons. The second kappa shape index (κ2) is 8.42. The number of hydrogen-bond donors (Lipinski definition) is 3. The Kier molecular flexibility index (Phi) is 6.56. The summed E-state index contributed by atoms with van der Waals surface area (Å²) >= 11 is 0. The zero-order chi connectivity index (χ0) is 16.7. The third-order valence-electron chi connectivity index (χ3n) is 4.12. The fraction of sp³-hybridized carbons (Fsp3) is 0.562. The topological polar surface area (TPSA) is 101 Å². The van der Waals surface area contributed by atoms with E-state index >= 15 is 0 Å². The number of nitrogens with two attached hydrogens (primary N) is 1. The number of amides is 1. The first kappa shape index (κ1) is 17.9. The van der Waals surface area contributed by atoms with Crippen LogP contribution < -0.4 is 15.8 Å². The number of hydrogen-bond acceptors (Lipinski definition) is 4. The summed E-state index contributed by atoms with van der Waals surface area (Å²) in [7, 11) is -3.59. The van der Waals surface area contributed by atoms with Crippen LogP contribution >= 0.6 is 0 Å². The summed E-state index contributed by atoms with van der Waals surface area (Å²) in [5, 5.41) is 2.78. The third-order valence-corrected chi connectivity index (χ3v) is 5.58. The Morgan fingerprint density at radius 3 is 2.70 bits per heavy atom. The van der Waals surface area contributed by atoms with E-state index in [1.807, 2.05) is 0 Å². The lowest BCUT2D eigenvalue weighted by molar-refractivity contribution is -0.116. The van der Waals surface area contributed by atoms with Gasteiger partial charge in [0.15, 0.2) is 0 Å². The van der Waals surface area contributed by atoms with Gasteiger partial charge in [0.25, 0.3) is 0 Å². The second-order valence-electron chi connectivity index (χ2n) is 5.95. The van der Waals surface area contributed by atoms with Gasteiger partial charge in [-0.1, -0.05) is 31.7 Å². The van der Waals surface area contributed by atoms with E-state index in [4.69, 9.17) is 5.73 Å². The molecule has 0 aromatic heterocycles. The monoisotopic (exact) mass is 339 g/mol. The molecule has 0 unspecified atom stereocenters. The van der Waals surface area contributed by atoms with Crippen molar-refractivity contribution in [3.05, 3.63) is 24.3 Å². The van der Waals surface area contributed by atoms with Gasteiger partial charge in [-0.25, -0.2) is 13.1 Å². The minimum atomic E-state index is -3.59. The molecule has 1 amide bonds. The van der Waals surface area contributed by atoms with E-state index in [0.717, 1.165) is 6.42 Å². The Balaban J connectivity index is 1.92. The smallest absolute Gasteiger partial charge is 0.240 e. The van der Waals surface area contributed by atoms with Gasteiger partial charge in [0.2, 0.25) is 15.9 Å². The van der Waals surface area contributed by atoms with Crippen LogP contribution in [0.4, 0.5) is 5.69 Å². The number of benzene rings is 1. The Hall–Kier alpha value is -1.44. The molecule has 0 bridgehead atoms. The van der Waals surface area contributed by atoms with Gasteiger partial charge in [0, 0.05) is 25.2 Å². The van der Waals surface area contributed by atoms with E-state index in [2.05, 4.69) is 10.0 Å². The van der Waals surface area contributed by atoms with Crippen LogP contribution in [0.15, 0.2) is 29.2 Å². The molecule has 4 N–H and O–H groups in total. The van der Waals surface area contributed by atoms with Crippen LogP contribution in [0, 0.1) is 5.92 Å². The number of rotatable bonds is 8. The molecule has 1 aliphatic carbocycles. The summed E-state index contributed by atoms with van der Waals surface area (Å²) in [4.78, 5) is 12.1. The predicted molar refractivity (Wildman–Crippen MR) is 90.5 cm³/mol. The molecule has 1 saturated carbocycles. The summed E-state index contributed by atoms with van der Waals surface area (Å²) in [5.41, 5.74) is 5.81. The molecule has 128 valence electrons. The van der Waals surface area contributed by atoms with Crippen molar-refractivity contribution < 1.29 is 13.2 Å². The molecular weight excluding hydrogens is 314 g/mol. The van der Waals surface area contributed by atoms with E-state index in [9.17, 15) is 13.2 Å². The Bertz CT molecular complexity index is 625. The highest BCUT2D eigenvalue weighted by atomic mass is 32.2. The maximum absolute atomic E-state index is 12.0. The van der Waals surface area contributed by atoms with E-state index in [-0.39, 0.29) is 23.9 Å². The summed E-state index contributed by atoms with van der Waals surface area (Å²) in [6.07, 6.45) is 6.35. The molecule has 0 atom stereocenters. The van der Waals surface area contributed by atoms with E-state index in [0.29, 0.717) is 18.0 Å². The normalized spacial score (nSPS) is 15.7. The maximum Gasteiger partial charge on any atom is 0.240 e. The lowest BCUT2D eigenvalue weighted by Gasteiger charge is -2.10. The number of sulfonamides is 1. The van der Waals surface area contributed by atoms with Crippen LogP contribution in [0.5, 0.6) is 0 Å². The summed E-state index contributed by atoms with van der Waals surface area (Å²) < 4.78 is 26.5. The van der Waals surface area contributed by atoms with Gasteiger partial charge in [-0.2, -0.15) is 0 Å². The van der Waals surface area contributed by atoms with Gasteiger partial charge in [-0.3, -0.25) is 4.79 Å². The van der Waals surface area contributed by atoms with Crippen molar-refractivity contribution in [2.24, 2.45) is 11.7 Å². The van der Waals surface area contributed by atoms with Crippen LogP contribution in [-0.2, 0) is 14.8 Å². The molecule has 0 spiro atoms. The summed E-state index contributed by atoms with van der Waals surface area (Å²) in [6, 6.07) is 6.26. The molecule has 0 aliphatic heterocycles. The number of carbonyl (C=O) groups is 1. The molecule has 1 aromatic rings. The minimum absolute atomic E-state index is 0.0682. The second-order valence-corrected chi connectivity index (χ2v) is 7.72. The first-order chi connectivity index (χ1) is 11.0. The molecule has 23 heavy (non-hydrogen) atoms. The van der Waals surface area contributed by atoms with Gasteiger partial charge in [0.05, 0.1) is 4.90 Å². The Morgan fingerprint density at radius 2 is 2.00 bits per heavy atom. The van der Waals surface area contributed by atoms with Crippen LogP contribution in [-0.4, -0.2) is 27.4 Å². The summed E-state index contributed by atoms with van der Waals surface area (Å²) in [6.45, 7) is 0.414. The fourth-order valence-electron chi connectivity index (χ4n) is 2.88. The molecule has 1 aliphatic rings. The molecule has 2 rings (SSSR count). The third kappa shape index (κ3) is 5.60. The predicted octanol–water partition coefficient (Wildman–Crippen LogP) is 1.83. The van der Waals surface area contributed by atoms with Crippen LogP contribution in [0.3, 0.4) is 0 Å². The standard InChI is InChI=1S/C16H25N3O3S/c17-10-11-18-23(21,22)15-7-3-6-14(12-15)19-16(20)9-8-13-4-1-2-5-13/h3,6-7,12-13,18H,1-2,4-5,8-11,17H2,(H,19,20). The highest BCUT2D eigenvalue weighted by Crippen LogP contribution is 2.28. The SMILES string of the molecule is NCCNS(=O)(=O)c1cccc(NC(=O)CCC2CCCC2)c1. The largest absolute Gasteiger partial charge is 0.329 e. The number of nitrogens with one attached hydrogen (secondary N) is 2. The van der Waals surface area contributed by atoms with Gasteiger partial charge < -0.3 is 11.1 Å². The van der Waals surface area contributed by atoms with Crippen molar-refractivity contribution in [1.82, 2.24) is 4.72 Å². The average molecular weight is 339 g/mol. The molecule has 6 nitrogen and oxygen atoms in total. The zero-order valence-corrected chi connectivity index (χ0v) is 14.1. The summed E-state index contributed by atoms with van der Waals surface area (Å²) in [5.74, 6) is 0.592. The highest BCUT2D eigenvalue weighted by molar-refractivity contribution is 7.89. The van der Waals surface area contributed by atoms with Gasteiger partial charge in [-0.05, 0) is 30.5 Å². The van der Waals surface area contributed by atoms with Crippen molar-refractivity contribution in [2.75, 3.05) is 18.4 Å². The minimum Gasteiger partial charge on any atom is -0.329 e. The molecular formula is C16H25N3O3S. The van der Waals surface area contributed by atoms with Crippen LogP contribution in [0.1, 0.15) is 38.5 Å². The molecule has 0 saturated heterocycles. The zero-order valence-electron chi connectivity index (χ0n) is 13.3. The number of anilines is 1. The van der Waals surface area contributed by atoms with Gasteiger partial charge >= 0.3 is 0 Å². The number of carbonyl (C=O) groups excluding carboxylic acids is 1. The maximum atomic E-state index is 12.0. The molecule has 0 heterocycles. The quantitative estimate of drug-likeness (QED) is 0.672. The molecule has 1 fully saturated rings. The van der Waals surface area contributed by atoms with Crippen molar-refractivity contribution >= 4 is 21.6 Å². The van der Waals surface area contributed by atoms with Gasteiger partial charge in [-0.15, -0.1) is 0 Å². The van der Waals surface area contributed by atoms with Crippen molar-refractivity contribution in [3.63, 3.8) is 0 Å². The van der Waals surface area contributed by atoms with Crippen molar-refractivity contribution in [2.45, 2.75) is 43.4 Å². The van der Waals surface area contributed by atoms with E-state index < -0.39 is 10.0 Å². The van der Waals surface area contributed by atoms with E-state index in [1.165, 1.54) is 37.8 Å². The highest BCUT2D eigenvalue weighted by Gasteiger charge is 2.17. The lowest BCUT2D eigenvalue weighted by atomic mass is 10.0. The van der Waals surface area contributed by atoms with Crippen molar-refractivity contribution in [1.29, 1.82) is 0 Å². The lowest BCUT2D eigenvalue weighted by Crippen LogP contribution is -2.29. The van der Waals surface area contributed by atoms with E-state index in [1.54, 1.807) is 12.1 Å². The van der Waals surface area contributed by atoms with Crippen LogP contribution in [0.2, 0.25) is 0 Å². The average Bonchev–Trinajstić information content (AvgIpc) is 3.05. The first-order valence-electron chi connectivity index (χ1n) is 8.11.